The molecule has 0 radical (unpaired) electrons. The summed E-state index contributed by atoms with van der Waals surface area (Å²) in [5.74, 6) is 0.683. The fourth-order valence-electron chi connectivity index (χ4n) is 4.03. The van der Waals surface area contributed by atoms with Crippen LogP contribution >= 0.6 is 0 Å². The van der Waals surface area contributed by atoms with Crippen LogP contribution in [0.5, 0.6) is 17.2 Å². The number of carbonyl (C=O) groups is 1. The number of nitrogens with one attached hydrogen (secondary N) is 2. The molecule has 0 aliphatic carbocycles. The van der Waals surface area contributed by atoms with Gasteiger partial charge in [-0.25, -0.2) is 4.79 Å². The van der Waals surface area contributed by atoms with Gasteiger partial charge in [0.25, 0.3) is 0 Å². The number of ether oxygens (including phenoxy) is 4. The minimum Gasteiger partial charge on any atom is -0.454 e. The average Bonchev–Trinajstić information content (AvgIpc) is 3.24. The van der Waals surface area contributed by atoms with Crippen molar-refractivity contribution in [3.8, 4) is 17.2 Å². The predicted octanol–water partition coefficient (Wildman–Crippen LogP) is 3.87. The maximum atomic E-state index is 12.8. The first-order valence-corrected chi connectivity index (χ1v) is 10.5. The highest BCUT2D eigenvalue weighted by atomic mass is 19.3. The molecule has 2 aliphatic heterocycles. The van der Waals surface area contributed by atoms with Crippen molar-refractivity contribution in [2.45, 2.75) is 38.3 Å². The molecule has 0 aromatic heterocycles. The highest BCUT2D eigenvalue weighted by Gasteiger charge is 2.34. The second-order valence-corrected chi connectivity index (χ2v) is 7.99. The molecule has 0 saturated carbocycles. The molecule has 0 unspecified atom stereocenters. The molecule has 0 spiro atoms. The molecule has 7 nitrogen and oxygen atoms in total. The Bertz CT molecular complexity index is 946. The zero-order valence-electron chi connectivity index (χ0n) is 17.8. The number of amides is 2. The second kappa shape index (κ2) is 9.60. The number of alkyl halides is 2. The molecule has 0 atom stereocenters. The third-order valence-electron chi connectivity index (χ3n) is 5.91. The van der Waals surface area contributed by atoms with Crippen LogP contribution in [0.1, 0.15) is 29.5 Å². The van der Waals surface area contributed by atoms with E-state index >= 15 is 0 Å². The van der Waals surface area contributed by atoms with Crippen molar-refractivity contribution >= 4 is 6.03 Å². The fourth-order valence-corrected chi connectivity index (χ4v) is 4.03. The maximum absolute atomic E-state index is 12.8. The number of hydrogen-bond donors (Lipinski definition) is 2. The van der Waals surface area contributed by atoms with Crippen LogP contribution in [0, 0.1) is 6.92 Å². The van der Waals surface area contributed by atoms with Crippen molar-refractivity contribution in [3.63, 3.8) is 0 Å². The number of fused-ring (bicyclic) bond motifs is 1. The number of urea groups is 1. The fraction of sp³-hybridized carbons (Fsp3) is 0.435. The maximum Gasteiger partial charge on any atom is 0.387 e. The number of hydrogen-bond acceptors (Lipinski definition) is 5. The quantitative estimate of drug-likeness (QED) is 0.672. The third-order valence-corrected chi connectivity index (χ3v) is 5.91. The Morgan fingerprint density at radius 2 is 1.78 bits per heavy atom. The van der Waals surface area contributed by atoms with E-state index in [-0.39, 0.29) is 24.5 Å². The molecule has 172 valence electrons. The van der Waals surface area contributed by atoms with Crippen molar-refractivity contribution in [1.29, 1.82) is 0 Å². The first kappa shape index (κ1) is 22.1. The lowest BCUT2D eigenvalue weighted by Crippen LogP contribution is -2.47. The van der Waals surface area contributed by atoms with Crippen molar-refractivity contribution < 1.29 is 32.5 Å². The second-order valence-electron chi connectivity index (χ2n) is 7.99. The molecule has 2 heterocycles. The van der Waals surface area contributed by atoms with Crippen LogP contribution in [0.3, 0.4) is 0 Å². The van der Waals surface area contributed by atoms with Gasteiger partial charge in [-0.15, -0.1) is 0 Å². The van der Waals surface area contributed by atoms with E-state index in [2.05, 4.69) is 39.6 Å². The molecule has 0 bridgehead atoms. The monoisotopic (exact) mass is 448 g/mol. The predicted molar refractivity (Wildman–Crippen MR) is 112 cm³/mol. The molecule has 32 heavy (non-hydrogen) atoms. The summed E-state index contributed by atoms with van der Waals surface area (Å²) in [6.07, 6.45) is 1.59. The van der Waals surface area contributed by atoms with Gasteiger partial charge in [0.1, 0.15) is 5.75 Å². The van der Waals surface area contributed by atoms with Crippen LogP contribution < -0.4 is 24.8 Å². The summed E-state index contributed by atoms with van der Waals surface area (Å²) in [6.45, 7) is 0.731. The molecule has 9 heteroatoms. The third kappa shape index (κ3) is 5.04. The summed E-state index contributed by atoms with van der Waals surface area (Å²) in [4.78, 5) is 12.6. The van der Waals surface area contributed by atoms with E-state index in [1.165, 1.54) is 17.7 Å². The van der Waals surface area contributed by atoms with E-state index in [1.54, 1.807) is 0 Å². The van der Waals surface area contributed by atoms with Crippen LogP contribution in [0.4, 0.5) is 13.6 Å². The summed E-state index contributed by atoms with van der Waals surface area (Å²) >= 11 is 0. The van der Waals surface area contributed by atoms with Crippen LogP contribution in [-0.2, 0) is 16.7 Å². The number of halogens is 2. The largest absolute Gasteiger partial charge is 0.454 e. The molecular formula is C23H26F2N2O5. The molecule has 4 rings (SSSR count). The lowest BCUT2D eigenvalue weighted by atomic mass is 9.74. The first-order chi connectivity index (χ1) is 15.4. The van der Waals surface area contributed by atoms with Crippen LogP contribution in [0.2, 0.25) is 0 Å². The number of benzene rings is 2. The van der Waals surface area contributed by atoms with Crippen LogP contribution in [0.15, 0.2) is 36.4 Å². The topological polar surface area (TPSA) is 78.1 Å². The summed E-state index contributed by atoms with van der Waals surface area (Å²) in [5, 5.41) is 5.66. The first-order valence-electron chi connectivity index (χ1n) is 10.5. The summed E-state index contributed by atoms with van der Waals surface area (Å²) < 4.78 is 46.2. The van der Waals surface area contributed by atoms with E-state index in [0.717, 1.165) is 18.4 Å². The zero-order chi connectivity index (χ0) is 22.6. The summed E-state index contributed by atoms with van der Waals surface area (Å²) in [5.41, 5.74) is 2.48. The lowest BCUT2D eigenvalue weighted by Gasteiger charge is -2.38. The molecular weight excluding hydrogens is 422 g/mol. The van der Waals surface area contributed by atoms with Gasteiger partial charge in [0.05, 0.1) is 0 Å². The standard InChI is InChI=1S/C23H26F2N2O5/c1-15-2-4-17(5-3-15)23(6-8-29-9-7-23)13-27-22(28)26-12-16-10-19-20(31-14-30-19)11-18(16)32-21(24)25/h2-5,10-11,21H,6-9,12-14H2,1H3,(H2,26,27,28). The minimum atomic E-state index is -2.99. The van der Waals surface area contributed by atoms with Crippen molar-refractivity contribution in [2.24, 2.45) is 0 Å². The van der Waals surface area contributed by atoms with Gasteiger partial charge < -0.3 is 29.6 Å². The molecule has 2 amide bonds. The molecule has 1 fully saturated rings. The smallest absolute Gasteiger partial charge is 0.387 e. The molecule has 2 aromatic rings. The number of rotatable bonds is 7. The van der Waals surface area contributed by atoms with Crippen molar-refractivity contribution in [1.82, 2.24) is 10.6 Å². The Hall–Kier alpha value is -3.07. The highest BCUT2D eigenvalue weighted by Crippen LogP contribution is 2.39. The van der Waals surface area contributed by atoms with Gasteiger partial charge in [0, 0.05) is 43.3 Å². The minimum absolute atomic E-state index is 0.00558. The normalized spacial score (nSPS) is 16.6. The van der Waals surface area contributed by atoms with Gasteiger partial charge in [-0.05, 0) is 31.4 Å². The van der Waals surface area contributed by atoms with Crippen LogP contribution in [0.25, 0.3) is 0 Å². The van der Waals surface area contributed by atoms with E-state index in [4.69, 9.17) is 14.2 Å². The summed E-state index contributed by atoms with van der Waals surface area (Å²) in [6, 6.07) is 10.8. The Balaban J connectivity index is 1.41. The van der Waals surface area contributed by atoms with Gasteiger partial charge in [-0.2, -0.15) is 8.78 Å². The van der Waals surface area contributed by atoms with E-state index in [9.17, 15) is 13.6 Å². The Kier molecular flexibility index (Phi) is 6.64. The number of carbonyl (C=O) groups excluding carboxylic acids is 1. The van der Waals surface area contributed by atoms with Gasteiger partial charge in [0.15, 0.2) is 11.5 Å². The number of aryl methyl sites for hydroxylation is 1. The molecule has 2 aromatic carbocycles. The van der Waals surface area contributed by atoms with Crippen molar-refractivity contribution in [3.05, 3.63) is 53.1 Å². The average molecular weight is 448 g/mol. The van der Waals surface area contributed by atoms with Crippen LogP contribution in [-0.4, -0.2) is 39.2 Å². The summed E-state index contributed by atoms with van der Waals surface area (Å²) in [7, 11) is 0. The van der Waals surface area contributed by atoms with E-state index in [0.29, 0.717) is 36.8 Å². The van der Waals surface area contributed by atoms with E-state index < -0.39 is 12.6 Å². The van der Waals surface area contributed by atoms with Gasteiger partial charge in [0.2, 0.25) is 6.79 Å². The Morgan fingerprint density at radius 1 is 1.09 bits per heavy atom. The van der Waals surface area contributed by atoms with Crippen molar-refractivity contribution in [2.75, 3.05) is 26.6 Å². The van der Waals surface area contributed by atoms with E-state index in [1.807, 2.05) is 6.92 Å². The lowest BCUT2D eigenvalue weighted by molar-refractivity contribution is -0.0505. The van der Waals surface area contributed by atoms with Gasteiger partial charge >= 0.3 is 12.6 Å². The SMILES string of the molecule is Cc1ccc(C2(CNC(=O)NCc3cc4c(cc3OC(F)F)OCO4)CCOCC2)cc1. The highest BCUT2D eigenvalue weighted by molar-refractivity contribution is 5.74. The molecule has 1 saturated heterocycles. The Labute approximate surface area is 185 Å². The zero-order valence-corrected chi connectivity index (χ0v) is 17.8. The van der Waals surface area contributed by atoms with Gasteiger partial charge in [-0.3, -0.25) is 0 Å². The van der Waals surface area contributed by atoms with Gasteiger partial charge in [-0.1, -0.05) is 29.8 Å². The Morgan fingerprint density at radius 3 is 2.47 bits per heavy atom. The molecule has 2 N–H and O–H groups in total. The molecule has 2 aliphatic rings.